The Morgan fingerprint density at radius 3 is 1.64 bits per heavy atom. The summed E-state index contributed by atoms with van der Waals surface area (Å²) in [6.45, 7) is 6.83. The summed E-state index contributed by atoms with van der Waals surface area (Å²) in [5.41, 5.74) is 1.32. The number of hydrogen-bond donors (Lipinski definition) is 0. The van der Waals surface area contributed by atoms with E-state index in [1.54, 1.807) is 42.5 Å². The Labute approximate surface area is 213 Å². The molecule has 0 radical (unpaired) electrons. The Balaban J connectivity index is 1.68. The van der Waals surface area contributed by atoms with E-state index in [2.05, 4.69) is 45.0 Å². The average molecular weight is 495 g/mol. The molecule has 4 aromatic rings. The molecule has 0 fully saturated rings. The molecule has 0 unspecified atom stereocenters. The molecule has 182 valence electrons. The molecule has 4 aromatic carbocycles. The molecular weight excluding hydrogens is 464 g/mol. The number of esters is 2. The number of benzene rings is 4. The zero-order valence-electron chi connectivity index (χ0n) is 20.8. The highest BCUT2D eigenvalue weighted by Gasteiger charge is 2.50. The zero-order valence-corrected chi connectivity index (χ0v) is 21.8. The van der Waals surface area contributed by atoms with Crippen LogP contribution >= 0.6 is 0 Å². The van der Waals surface area contributed by atoms with Crippen molar-refractivity contribution < 1.29 is 18.8 Å². The lowest BCUT2D eigenvalue weighted by atomic mass is 10.1. The van der Waals surface area contributed by atoms with E-state index in [4.69, 9.17) is 9.16 Å². The molecule has 5 heteroatoms. The Kier molecular flexibility index (Phi) is 7.63. The summed E-state index contributed by atoms with van der Waals surface area (Å²) in [6, 6.07) is 36.3. The van der Waals surface area contributed by atoms with Crippen molar-refractivity contribution >= 4 is 30.6 Å². The molecule has 0 saturated carbocycles. The first-order valence-corrected chi connectivity index (χ1v) is 13.9. The van der Waals surface area contributed by atoms with E-state index < -0.39 is 20.3 Å². The average Bonchev–Trinajstić information content (AvgIpc) is 2.90. The maximum absolute atomic E-state index is 13.0. The topological polar surface area (TPSA) is 52.6 Å². The number of hydrogen-bond acceptors (Lipinski definition) is 4. The summed E-state index contributed by atoms with van der Waals surface area (Å²) in [7, 11) is -2.79. The van der Waals surface area contributed by atoms with Crippen molar-refractivity contribution in [3.63, 3.8) is 0 Å². The van der Waals surface area contributed by atoms with Gasteiger partial charge in [-0.2, -0.15) is 0 Å². The van der Waals surface area contributed by atoms with Gasteiger partial charge in [0.25, 0.3) is 8.32 Å². The normalized spacial score (nSPS) is 11.6. The summed E-state index contributed by atoms with van der Waals surface area (Å²) in [5, 5.41) is 2.11. The van der Waals surface area contributed by atoms with Gasteiger partial charge in [-0.15, -0.1) is 0 Å². The van der Waals surface area contributed by atoms with Crippen molar-refractivity contribution in [1.82, 2.24) is 0 Å². The molecule has 0 spiro atoms. The predicted octanol–water partition coefficient (Wildman–Crippen LogP) is 5.76. The van der Waals surface area contributed by atoms with E-state index in [0.717, 1.165) is 10.4 Å². The second-order valence-electron chi connectivity index (χ2n) is 9.65. The molecule has 0 aliphatic carbocycles. The standard InChI is InChI=1S/C31H30O4Si/c1-31(2,3)36(26-18-9-5-10-19-26,27-20-11-6-12-21-27)34-23-25-17-13-14-22-28(25)30(33)35-29(32)24-15-7-4-8-16-24/h4-22H,23H2,1-3H3. The van der Waals surface area contributed by atoms with E-state index in [1.807, 2.05) is 48.5 Å². The summed E-state index contributed by atoms with van der Waals surface area (Å²) in [5.74, 6) is -1.37. The van der Waals surface area contributed by atoms with Gasteiger partial charge in [0.1, 0.15) is 0 Å². The lowest BCUT2D eigenvalue weighted by molar-refractivity contribution is 0.0396. The largest absolute Gasteiger partial charge is 0.403 e. The second-order valence-corrected chi connectivity index (χ2v) is 14.0. The number of ether oxygens (including phenoxy) is 1. The molecule has 0 aromatic heterocycles. The molecule has 0 N–H and O–H groups in total. The van der Waals surface area contributed by atoms with Gasteiger partial charge in [0, 0.05) is 0 Å². The van der Waals surface area contributed by atoms with Crippen molar-refractivity contribution in [2.24, 2.45) is 0 Å². The van der Waals surface area contributed by atoms with Crippen LogP contribution in [0.5, 0.6) is 0 Å². The third-order valence-corrected chi connectivity index (χ3v) is 11.3. The van der Waals surface area contributed by atoms with Crippen molar-refractivity contribution in [3.8, 4) is 0 Å². The molecule has 0 aliphatic rings. The fourth-order valence-corrected chi connectivity index (χ4v) is 9.09. The van der Waals surface area contributed by atoms with Gasteiger partial charge in [-0.25, -0.2) is 9.59 Å². The lowest BCUT2D eigenvalue weighted by Gasteiger charge is -2.43. The summed E-state index contributed by atoms with van der Waals surface area (Å²) >= 11 is 0. The first kappa shape index (κ1) is 25.3. The van der Waals surface area contributed by atoms with Crippen LogP contribution in [0, 0.1) is 0 Å². The maximum Gasteiger partial charge on any atom is 0.346 e. The minimum Gasteiger partial charge on any atom is -0.403 e. The third kappa shape index (κ3) is 5.22. The maximum atomic E-state index is 13.0. The zero-order chi connectivity index (χ0) is 25.6. The Morgan fingerprint density at radius 2 is 1.11 bits per heavy atom. The van der Waals surface area contributed by atoms with Gasteiger partial charge in [-0.3, -0.25) is 0 Å². The molecule has 0 atom stereocenters. The first-order chi connectivity index (χ1) is 17.3. The monoisotopic (exact) mass is 494 g/mol. The van der Waals surface area contributed by atoms with Gasteiger partial charge in [-0.05, 0) is 39.2 Å². The fraction of sp³-hybridized carbons (Fsp3) is 0.161. The van der Waals surface area contributed by atoms with Crippen LogP contribution in [0.2, 0.25) is 5.04 Å². The van der Waals surface area contributed by atoms with Crippen molar-refractivity contribution in [2.45, 2.75) is 32.4 Å². The van der Waals surface area contributed by atoms with E-state index in [0.29, 0.717) is 16.7 Å². The van der Waals surface area contributed by atoms with Gasteiger partial charge >= 0.3 is 11.9 Å². The van der Waals surface area contributed by atoms with Gasteiger partial charge in [-0.1, -0.05) is 118 Å². The van der Waals surface area contributed by atoms with Crippen molar-refractivity contribution in [3.05, 3.63) is 132 Å². The minimum absolute atomic E-state index is 0.200. The van der Waals surface area contributed by atoms with Crippen LogP contribution in [0.15, 0.2) is 115 Å². The van der Waals surface area contributed by atoms with Crippen LogP contribution in [0.4, 0.5) is 0 Å². The molecule has 4 nitrogen and oxygen atoms in total. The van der Waals surface area contributed by atoms with E-state index in [9.17, 15) is 9.59 Å². The van der Waals surface area contributed by atoms with Crippen molar-refractivity contribution in [1.29, 1.82) is 0 Å². The summed E-state index contributed by atoms with van der Waals surface area (Å²) < 4.78 is 12.2. The van der Waals surface area contributed by atoms with Crippen LogP contribution in [0.3, 0.4) is 0 Å². The van der Waals surface area contributed by atoms with E-state index >= 15 is 0 Å². The SMILES string of the molecule is CC(C)(C)[Si](OCc1ccccc1C(=O)OC(=O)c1ccccc1)(c1ccccc1)c1ccccc1. The molecular formula is C31H30O4Si. The Hall–Kier alpha value is -3.80. The number of carbonyl (C=O) groups is 2. The van der Waals surface area contributed by atoms with Crippen LogP contribution < -0.4 is 10.4 Å². The van der Waals surface area contributed by atoms with Gasteiger partial charge < -0.3 is 9.16 Å². The third-order valence-electron chi connectivity index (χ3n) is 6.29. The highest BCUT2D eigenvalue weighted by atomic mass is 28.4. The molecule has 4 rings (SSSR count). The Bertz CT molecular complexity index is 1270. The van der Waals surface area contributed by atoms with Crippen LogP contribution in [-0.2, 0) is 15.8 Å². The highest BCUT2D eigenvalue weighted by Crippen LogP contribution is 2.37. The smallest absolute Gasteiger partial charge is 0.346 e. The van der Waals surface area contributed by atoms with Gasteiger partial charge in [0.2, 0.25) is 0 Å². The molecule has 0 bridgehead atoms. The van der Waals surface area contributed by atoms with E-state index in [1.165, 1.54) is 0 Å². The van der Waals surface area contributed by atoms with Crippen LogP contribution in [-0.4, -0.2) is 20.3 Å². The molecule has 36 heavy (non-hydrogen) atoms. The predicted molar refractivity (Wildman–Crippen MR) is 145 cm³/mol. The molecule has 0 heterocycles. The molecule has 0 aliphatic heterocycles. The number of carbonyl (C=O) groups excluding carboxylic acids is 2. The van der Waals surface area contributed by atoms with Crippen LogP contribution in [0.1, 0.15) is 47.1 Å². The van der Waals surface area contributed by atoms with E-state index in [-0.39, 0.29) is 11.6 Å². The lowest BCUT2D eigenvalue weighted by Crippen LogP contribution is -2.66. The summed E-state index contributed by atoms with van der Waals surface area (Å²) in [4.78, 5) is 25.5. The highest BCUT2D eigenvalue weighted by molar-refractivity contribution is 6.99. The molecule has 0 saturated heterocycles. The van der Waals surface area contributed by atoms with Crippen molar-refractivity contribution in [2.75, 3.05) is 0 Å². The second kappa shape index (κ2) is 10.9. The Morgan fingerprint density at radius 1 is 0.639 bits per heavy atom. The van der Waals surface area contributed by atoms with Gasteiger partial charge in [0.15, 0.2) is 0 Å². The summed E-state index contributed by atoms with van der Waals surface area (Å²) in [6.07, 6.45) is 0. The quantitative estimate of drug-likeness (QED) is 0.186. The van der Waals surface area contributed by atoms with Gasteiger partial charge in [0.05, 0.1) is 17.7 Å². The molecule has 0 amide bonds. The first-order valence-electron chi connectivity index (χ1n) is 12.0. The fourth-order valence-electron chi connectivity index (χ4n) is 4.57. The van der Waals surface area contributed by atoms with Crippen LogP contribution in [0.25, 0.3) is 0 Å². The minimum atomic E-state index is -2.79. The number of rotatable bonds is 7.